The van der Waals surface area contributed by atoms with Crippen LogP contribution in [0.15, 0.2) is 73.1 Å². The Kier molecular flexibility index (Phi) is 5.96. The van der Waals surface area contributed by atoms with Gasteiger partial charge in [-0.15, -0.1) is 0 Å². The molecule has 0 atom stereocenters. The molecule has 4 rings (SSSR count). The third-order valence-corrected chi connectivity index (χ3v) is 5.47. The number of piperidine rings is 1. The average Bonchev–Trinajstić information content (AvgIpc) is 3.30. The largest absolute Gasteiger partial charge is 0.497 e. The molecule has 5 nitrogen and oxygen atoms in total. The van der Waals surface area contributed by atoms with Gasteiger partial charge in [0.2, 0.25) is 0 Å². The Morgan fingerprint density at radius 3 is 2.55 bits per heavy atom. The second-order valence-electron chi connectivity index (χ2n) is 7.52. The maximum absolute atomic E-state index is 12.7. The van der Waals surface area contributed by atoms with E-state index in [0.29, 0.717) is 5.56 Å². The normalized spacial score (nSPS) is 15.2. The molecule has 1 N–H and O–H groups in total. The average molecular weight is 389 g/mol. The van der Waals surface area contributed by atoms with Gasteiger partial charge in [0.25, 0.3) is 5.91 Å². The molecular weight excluding hydrogens is 362 g/mol. The van der Waals surface area contributed by atoms with Crippen molar-refractivity contribution in [3.63, 3.8) is 0 Å². The van der Waals surface area contributed by atoms with Crippen LogP contribution in [-0.2, 0) is 6.54 Å². The molecule has 1 aliphatic rings. The van der Waals surface area contributed by atoms with Gasteiger partial charge >= 0.3 is 0 Å². The number of hydrogen-bond acceptors (Lipinski definition) is 3. The van der Waals surface area contributed by atoms with E-state index in [2.05, 4.69) is 22.3 Å². The monoisotopic (exact) mass is 389 g/mol. The van der Waals surface area contributed by atoms with Gasteiger partial charge in [-0.2, -0.15) is 0 Å². The van der Waals surface area contributed by atoms with Gasteiger partial charge in [-0.05, 0) is 60.9 Å². The summed E-state index contributed by atoms with van der Waals surface area (Å²) in [5.41, 5.74) is 2.96. The highest BCUT2D eigenvalue weighted by Gasteiger charge is 2.21. The number of nitrogens with zero attached hydrogens (tertiary/aromatic N) is 2. The topological polar surface area (TPSA) is 46.5 Å². The van der Waals surface area contributed by atoms with Crippen LogP contribution < -0.4 is 10.1 Å². The molecule has 1 saturated heterocycles. The molecule has 5 heteroatoms. The minimum Gasteiger partial charge on any atom is -0.497 e. The van der Waals surface area contributed by atoms with E-state index in [9.17, 15) is 4.79 Å². The number of nitrogens with one attached hydrogen (secondary N) is 1. The summed E-state index contributed by atoms with van der Waals surface area (Å²) in [5.74, 6) is 0.900. The van der Waals surface area contributed by atoms with E-state index in [4.69, 9.17) is 4.74 Å². The summed E-state index contributed by atoms with van der Waals surface area (Å²) in [6.07, 6.45) is 5.89. The highest BCUT2D eigenvalue weighted by atomic mass is 16.5. The van der Waals surface area contributed by atoms with E-state index < -0.39 is 0 Å². The van der Waals surface area contributed by atoms with Crippen LogP contribution in [0, 0.1) is 0 Å². The molecule has 3 aromatic rings. The summed E-state index contributed by atoms with van der Waals surface area (Å²) in [5, 5.41) is 3.22. The van der Waals surface area contributed by atoms with Crippen LogP contribution in [0.5, 0.6) is 5.75 Å². The van der Waals surface area contributed by atoms with E-state index in [1.807, 2.05) is 65.5 Å². The lowest BCUT2D eigenvalue weighted by Gasteiger charge is -2.32. The maximum Gasteiger partial charge on any atom is 0.251 e. The zero-order chi connectivity index (χ0) is 20.1. The zero-order valence-corrected chi connectivity index (χ0v) is 16.8. The van der Waals surface area contributed by atoms with Gasteiger partial charge in [0.15, 0.2) is 0 Å². The number of carbonyl (C=O) groups is 1. The summed E-state index contributed by atoms with van der Waals surface area (Å²) in [4.78, 5) is 15.2. The van der Waals surface area contributed by atoms with Crippen LogP contribution in [0.1, 0.15) is 28.8 Å². The number of rotatable bonds is 6. The van der Waals surface area contributed by atoms with E-state index in [-0.39, 0.29) is 11.9 Å². The number of likely N-dealkylation sites (tertiary alicyclic amines) is 1. The lowest BCUT2D eigenvalue weighted by Crippen LogP contribution is -2.44. The Morgan fingerprint density at radius 2 is 1.79 bits per heavy atom. The number of aromatic nitrogens is 1. The van der Waals surface area contributed by atoms with Gasteiger partial charge < -0.3 is 14.6 Å². The van der Waals surface area contributed by atoms with Crippen molar-refractivity contribution in [2.75, 3.05) is 20.2 Å². The first-order valence-corrected chi connectivity index (χ1v) is 10.1. The van der Waals surface area contributed by atoms with Crippen molar-refractivity contribution < 1.29 is 9.53 Å². The summed E-state index contributed by atoms with van der Waals surface area (Å²) in [7, 11) is 1.70. The molecule has 150 valence electrons. The number of carbonyl (C=O) groups excluding carboxylic acids is 1. The van der Waals surface area contributed by atoms with Gasteiger partial charge in [0.05, 0.1) is 7.11 Å². The first-order valence-electron chi connectivity index (χ1n) is 10.1. The van der Waals surface area contributed by atoms with Crippen LogP contribution in [0.3, 0.4) is 0 Å². The third-order valence-electron chi connectivity index (χ3n) is 5.47. The smallest absolute Gasteiger partial charge is 0.251 e. The van der Waals surface area contributed by atoms with Crippen LogP contribution in [0.2, 0.25) is 0 Å². The summed E-state index contributed by atoms with van der Waals surface area (Å²) in [6, 6.07) is 20.2. The second kappa shape index (κ2) is 8.97. The van der Waals surface area contributed by atoms with E-state index in [0.717, 1.165) is 43.9 Å². The fourth-order valence-corrected chi connectivity index (χ4v) is 3.85. The molecule has 2 heterocycles. The predicted molar refractivity (Wildman–Crippen MR) is 115 cm³/mol. The Balaban J connectivity index is 1.30. The highest BCUT2D eigenvalue weighted by Crippen LogP contribution is 2.18. The summed E-state index contributed by atoms with van der Waals surface area (Å²) in [6.45, 7) is 2.87. The predicted octanol–water partition coefficient (Wildman–Crippen LogP) is 3.88. The molecule has 29 heavy (non-hydrogen) atoms. The number of benzene rings is 2. The molecule has 1 amide bonds. The van der Waals surface area contributed by atoms with Crippen molar-refractivity contribution in [2.45, 2.75) is 25.4 Å². The summed E-state index contributed by atoms with van der Waals surface area (Å²) >= 11 is 0. The van der Waals surface area contributed by atoms with Gasteiger partial charge in [-0.25, -0.2) is 0 Å². The van der Waals surface area contributed by atoms with E-state index >= 15 is 0 Å². The molecule has 0 spiro atoms. The van der Waals surface area contributed by atoms with Gasteiger partial charge in [-0.3, -0.25) is 9.69 Å². The SMILES string of the molecule is COc1cccc(CN2CCC(NC(=O)c3cccc(-n4cccc4)c3)CC2)c1. The quantitative estimate of drug-likeness (QED) is 0.696. The maximum atomic E-state index is 12.7. The Morgan fingerprint density at radius 1 is 1.03 bits per heavy atom. The molecule has 2 aromatic carbocycles. The van der Waals surface area contributed by atoms with Crippen LogP contribution >= 0.6 is 0 Å². The fraction of sp³-hybridized carbons (Fsp3) is 0.292. The number of methoxy groups -OCH3 is 1. The lowest BCUT2D eigenvalue weighted by molar-refractivity contribution is 0.0909. The first-order chi connectivity index (χ1) is 14.2. The van der Waals surface area contributed by atoms with Crippen molar-refractivity contribution >= 4 is 5.91 Å². The fourth-order valence-electron chi connectivity index (χ4n) is 3.85. The highest BCUT2D eigenvalue weighted by molar-refractivity contribution is 5.94. The van der Waals surface area contributed by atoms with Crippen LogP contribution in [-0.4, -0.2) is 41.6 Å². The molecule has 0 saturated carbocycles. The van der Waals surface area contributed by atoms with Crippen molar-refractivity contribution in [3.8, 4) is 11.4 Å². The van der Waals surface area contributed by atoms with E-state index in [1.54, 1.807) is 7.11 Å². The van der Waals surface area contributed by atoms with Gasteiger partial charge in [0, 0.05) is 49.3 Å². The molecule has 0 bridgehead atoms. The molecule has 0 radical (unpaired) electrons. The van der Waals surface area contributed by atoms with Crippen molar-refractivity contribution in [2.24, 2.45) is 0 Å². The Hall–Kier alpha value is -3.05. The first kappa shape index (κ1) is 19.3. The number of ether oxygens (including phenoxy) is 1. The Bertz CT molecular complexity index is 944. The number of amides is 1. The molecule has 0 unspecified atom stereocenters. The molecular formula is C24H27N3O2. The van der Waals surface area contributed by atoms with Gasteiger partial charge in [-0.1, -0.05) is 18.2 Å². The van der Waals surface area contributed by atoms with Crippen molar-refractivity contribution in [1.29, 1.82) is 0 Å². The molecule has 1 aromatic heterocycles. The van der Waals surface area contributed by atoms with Crippen molar-refractivity contribution in [3.05, 3.63) is 84.2 Å². The second-order valence-corrected chi connectivity index (χ2v) is 7.52. The number of hydrogen-bond donors (Lipinski definition) is 1. The third kappa shape index (κ3) is 4.87. The van der Waals surface area contributed by atoms with Crippen molar-refractivity contribution in [1.82, 2.24) is 14.8 Å². The lowest BCUT2D eigenvalue weighted by atomic mass is 10.0. The molecule has 0 aliphatic carbocycles. The Labute approximate surface area is 171 Å². The summed E-state index contributed by atoms with van der Waals surface area (Å²) < 4.78 is 7.32. The minimum atomic E-state index is 0.00486. The standard InChI is InChI=1S/C24H27N3O2/c1-29-23-9-4-6-19(16-23)18-26-14-10-21(11-15-26)25-24(28)20-7-5-8-22(17-20)27-12-2-3-13-27/h2-9,12-13,16-17,21H,10-11,14-15,18H2,1H3,(H,25,28). The zero-order valence-electron chi connectivity index (χ0n) is 16.8. The van der Waals surface area contributed by atoms with Gasteiger partial charge in [0.1, 0.15) is 5.75 Å². The van der Waals surface area contributed by atoms with E-state index in [1.165, 1.54) is 5.56 Å². The molecule has 1 aliphatic heterocycles. The molecule has 1 fully saturated rings. The minimum absolute atomic E-state index is 0.00486. The van der Waals surface area contributed by atoms with Crippen LogP contribution in [0.4, 0.5) is 0 Å². The van der Waals surface area contributed by atoms with Crippen LogP contribution in [0.25, 0.3) is 5.69 Å².